The molecule has 2 aliphatic rings. The molecule has 0 spiro atoms. The van der Waals surface area contributed by atoms with E-state index >= 15 is 0 Å². The molecule has 64 valence electrons. The summed E-state index contributed by atoms with van der Waals surface area (Å²) in [6, 6.07) is 0. The van der Waals surface area contributed by atoms with Crippen molar-refractivity contribution < 1.29 is 5.11 Å². The zero-order valence-corrected chi connectivity index (χ0v) is 7.72. The maximum Gasteiger partial charge on any atom is 0.0701 e. The predicted molar refractivity (Wildman–Crippen MR) is 45.2 cm³/mol. The van der Waals surface area contributed by atoms with E-state index in [4.69, 9.17) is 0 Å². The first-order chi connectivity index (χ1) is 4.96. The van der Waals surface area contributed by atoms with E-state index in [1.165, 1.54) is 19.3 Å². The van der Waals surface area contributed by atoms with Crippen molar-refractivity contribution in [3.8, 4) is 0 Å². The lowest BCUT2D eigenvalue weighted by molar-refractivity contribution is -0.0904. The molecule has 1 nitrogen and oxygen atoms in total. The molecule has 1 unspecified atom stereocenters. The van der Waals surface area contributed by atoms with Gasteiger partial charge in [0.25, 0.3) is 0 Å². The Kier molecular flexibility index (Phi) is 1.26. The second kappa shape index (κ2) is 1.82. The van der Waals surface area contributed by atoms with E-state index in [2.05, 4.69) is 13.8 Å². The molecule has 11 heavy (non-hydrogen) atoms. The second-order valence-electron chi connectivity index (χ2n) is 5.08. The molecule has 1 heteroatoms. The first-order valence-electron chi connectivity index (χ1n) is 4.68. The summed E-state index contributed by atoms with van der Waals surface area (Å²) >= 11 is 0. The van der Waals surface area contributed by atoms with E-state index in [0.717, 1.165) is 5.92 Å². The maximum absolute atomic E-state index is 10.2. The molecule has 2 saturated carbocycles. The van der Waals surface area contributed by atoms with Crippen molar-refractivity contribution in [1.82, 2.24) is 0 Å². The molecule has 2 bridgehead atoms. The van der Waals surface area contributed by atoms with Gasteiger partial charge in [-0.3, -0.25) is 0 Å². The average Bonchev–Trinajstić information content (AvgIpc) is 2.37. The Morgan fingerprint density at radius 1 is 1.09 bits per heavy atom. The van der Waals surface area contributed by atoms with E-state index in [1.807, 2.05) is 6.92 Å². The Hall–Kier alpha value is -0.0400. The van der Waals surface area contributed by atoms with Crippen LogP contribution in [0.1, 0.15) is 40.0 Å². The predicted octanol–water partition coefficient (Wildman–Crippen LogP) is 2.19. The highest BCUT2D eigenvalue weighted by atomic mass is 16.3. The van der Waals surface area contributed by atoms with E-state index in [1.54, 1.807) is 0 Å². The maximum atomic E-state index is 10.2. The van der Waals surface area contributed by atoms with Crippen molar-refractivity contribution in [2.75, 3.05) is 0 Å². The van der Waals surface area contributed by atoms with Gasteiger partial charge in [0.2, 0.25) is 0 Å². The molecule has 0 aromatic heterocycles. The monoisotopic (exact) mass is 154 g/mol. The van der Waals surface area contributed by atoms with Gasteiger partial charge >= 0.3 is 0 Å². The van der Waals surface area contributed by atoms with Crippen LogP contribution in [-0.2, 0) is 0 Å². The summed E-state index contributed by atoms with van der Waals surface area (Å²) in [7, 11) is 0. The summed E-state index contributed by atoms with van der Waals surface area (Å²) in [4.78, 5) is 0. The highest BCUT2D eigenvalue weighted by Gasteiger charge is 2.59. The Labute approximate surface area is 68.8 Å². The van der Waals surface area contributed by atoms with Gasteiger partial charge in [-0.15, -0.1) is 0 Å². The van der Waals surface area contributed by atoms with E-state index in [9.17, 15) is 5.11 Å². The highest BCUT2D eigenvalue weighted by Crippen LogP contribution is 2.61. The number of hydrogen-bond acceptors (Lipinski definition) is 1. The molecular formula is C10H18O. The number of aliphatic hydroxyl groups is 1. The minimum absolute atomic E-state index is 0.163. The van der Waals surface area contributed by atoms with E-state index in [-0.39, 0.29) is 5.41 Å². The summed E-state index contributed by atoms with van der Waals surface area (Å²) in [5, 5.41) is 10.2. The molecule has 0 heterocycles. The molecule has 0 amide bonds. The van der Waals surface area contributed by atoms with Gasteiger partial charge in [-0.05, 0) is 43.4 Å². The third kappa shape index (κ3) is 0.703. The van der Waals surface area contributed by atoms with Crippen molar-refractivity contribution in [2.45, 2.75) is 45.6 Å². The van der Waals surface area contributed by atoms with Crippen LogP contribution < -0.4 is 0 Å². The lowest BCUT2D eigenvalue weighted by atomic mass is 9.66. The Balaban J connectivity index is 2.36. The van der Waals surface area contributed by atoms with Crippen LogP contribution in [0, 0.1) is 17.3 Å². The normalized spacial score (nSPS) is 53.5. The van der Waals surface area contributed by atoms with Crippen molar-refractivity contribution in [2.24, 2.45) is 17.3 Å². The van der Waals surface area contributed by atoms with Gasteiger partial charge in [-0.25, -0.2) is 0 Å². The van der Waals surface area contributed by atoms with E-state index in [0.29, 0.717) is 5.92 Å². The van der Waals surface area contributed by atoms with Crippen LogP contribution >= 0.6 is 0 Å². The van der Waals surface area contributed by atoms with Crippen LogP contribution in [-0.4, -0.2) is 10.7 Å². The zero-order chi connectivity index (χ0) is 8.28. The van der Waals surface area contributed by atoms with Crippen molar-refractivity contribution in [3.63, 3.8) is 0 Å². The van der Waals surface area contributed by atoms with Gasteiger partial charge in [0.15, 0.2) is 0 Å². The van der Waals surface area contributed by atoms with Gasteiger partial charge in [0.1, 0.15) is 0 Å². The fourth-order valence-electron chi connectivity index (χ4n) is 3.09. The van der Waals surface area contributed by atoms with Gasteiger partial charge < -0.3 is 5.11 Å². The topological polar surface area (TPSA) is 20.2 Å². The minimum atomic E-state index is -0.393. The smallest absolute Gasteiger partial charge is 0.0701 e. The molecule has 1 N–H and O–H groups in total. The van der Waals surface area contributed by atoms with Crippen LogP contribution in [0.3, 0.4) is 0 Å². The highest BCUT2D eigenvalue weighted by molar-refractivity contribution is 5.09. The lowest BCUT2D eigenvalue weighted by Crippen LogP contribution is -2.46. The summed E-state index contributed by atoms with van der Waals surface area (Å²) in [5.74, 6) is 1.37. The number of rotatable bonds is 0. The third-order valence-electron chi connectivity index (χ3n) is 4.55. The van der Waals surface area contributed by atoms with Gasteiger partial charge in [-0.1, -0.05) is 13.8 Å². The molecule has 2 aliphatic carbocycles. The number of fused-ring (bicyclic) bond motifs is 2. The van der Waals surface area contributed by atoms with Gasteiger partial charge in [0.05, 0.1) is 5.60 Å². The molecule has 0 aromatic carbocycles. The summed E-state index contributed by atoms with van der Waals surface area (Å²) in [5.41, 5.74) is -0.230. The summed E-state index contributed by atoms with van der Waals surface area (Å²) in [6.45, 7) is 6.46. The van der Waals surface area contributed by atoms with Crippen LogP contribution in [0.25, 0.3) is 0 Å². The molecule has 2 fully saturated rings. The molecule has 0 saturated heterocycles. The average molecular weight is 154 g/mol. The van der Waals surface area contributed by atoms with Crippen LogP contribution in [0.5, 0.6) is 0 Å². The van der Waals surface area contributed by atoms with Crippen molar-refractivity contribution in [1.29, 1.82) is 0 Å². The summed E-state index contributed by atoms with van der Waals surface area (Å²) < 4.78 is 0. The Morgan fingerprint density at radius 3 is 1.91 bits per heavy atom. The van der Waals surface area contributed by atoms with Crippen molar-refractivity contribution >= 4 is 0 Å². The second-order valence-corrected chi connectivity index (χ2v) is 5.08. The van der Waals surface area contributed by atoms with Crippen molar-refractivity contribution in [3.05, 3.63) is 0 Å². The molecule has 3 atom stereocenters. The first kappa shape index (κ1) is 7.60. The standard InChI is InChI=1S/C10H18O/c1-9(2)7-4-5-8(6-7)10(9,3)11/h7-8,11H,4-6H2,1-3H3/t7-,8+,10?/m1/s1. The molecule has 0 radical (unpaired) electrons. The summed E-state index contributed by atoms with van der Waals surface area (Å²) in [6.07, 6.45) is 3.86. The molecular weight excluding hydrogens is 136 g/mol. The molecule has 0 aliphatic heterocycles. The molecule has 0 aromatic rings. The third-order valence-corrected chi connectivity index (χ3v) is 4.55. The number of hydrogen-bond donors (Lipinski definition) is 1. The van der Waals surface area contributed by atoms with Crippen LogP contribution in [0.15, 0.2) is 0 Å². The SMILES string of the molecule is CC1(C)[C@@H]2CC[C@@H](C2)C1(C)O. The Bertz CT molecular complexity index is 161. The van der Waals surface area contributed by atoms with Crippen LogP contribution in [0.2, 0.25) is 0 Å². The largest absolute Gasteiger partial charge is 0.389 e. The van der Waals surface area contributed by atoms with Gasteiger partial charge in [-0.2, -0.15) is 0 Å². The lowest BCUT2D eigenvalue weighted by Gasteiger charge is -2.43. The Morgan fingerprint density at radius 2 is 1.64 bits per heavy atom. The fraction of sp³-hybridized carbons (Fsp3) is 1.00. The first-order valence-corrected chi connectivity index (χ1v) is 4.68. The quantitative estimate of drug-likeness (QED) is 0.567. The minimum Gasteiger partial charge on any atom is -0.389 e. The van der Waals surface area contributed by atoms with E-state index < -0.39 is 5.60 Å². The van der Waals surface area contributed by atoms with Crippen LogP contribution in [0.4, 0.5) is 0 Å². The zero-order valence-electron chi connectivity index (χ0n) is 7.72. The molecule has 2 rings (SSSR count). The fourth-order valence-corrected chi connectivity index (χ4v) is 3.09. The van der Waals surface area contributed by atoms with Gasteiger partial charge in [0, 0.05) is 0 Å².